The van der Waals surface area contributed by atoms with E-state index in [1.807, 2.05) is 19.1 Å². The van der Waals surface area contributed by atoms with E-state index < -0.39 is 6.04 Å². The van der Waals surface area contributed by atoms with Gasteiger partial charge in [0.2, 0.25) is 5.91 Å². The zero-order valence-electron chi connectivity index (χ0n) is 17.6. The fourth-order valence-corrected chi connectivity index (χ4v) is 3.56. The Morgan fingerprint density at radius 3 is 2.72 bits per heavy atom. The average Bonchev–Trinajstić information content (AvgIpc) is 2.80. The van der Waals surface area contributed by atoms with E-state index in [1.165, 1.54) is 12.1 Å². The number of benzene rings is 1. The highest BCUT2D eigenvalue weighted by Crippen LogP contribution is 2.27. The van der Waals surface area contributed by atoms with E-state index in [9.17, 15) is 9.18 Å². The summed E-state index contributed by atoms with van der Waals surface area (Å²) in [6.07, 6.45) is 4.79. The van der Waals surface area contributed by atoms with Gasteiger partial charge in [-0.2, -0.15) is 0 Å². The van der Waals surface area contributed by atoms with Gasteiger partial charge in [0.25, 0.3) is 0 Å². The second kappa shape index (κ2) is 9.56. The minimum Gasteiger partial charge on any atom is -0.368 e. The van der Waals surface area contributed by atoms with Crippen LogP contribution in [0.5, 0.6) is 0 Å². The fraction of sp³-hybridized carbons (Fsp3) is 0.273. The van der Waals surface area contributed by atoms with Crippen molar-refractivity contribution in [2.45, 2.75) is 19.0 Å². The second-order valence-electron chi connectivity index (χ2n) is 7.58. The highest BCUT2D eigenvalue weighted by molar-refractivity contribution is 5.81. The molecule has 1 amide bonds. The number of amides is 1. The van der Waals surface area contributed by atoms with Crippen LogP contribution in [0.2, 0.25) is 0 Å². The van der Waals surface area contributed by atoms with Gasteiger partial charge >= 0.3 is 0 Å². The summed E-state index contributed by atoms with van der Waals surface area (Å²) in [5.74, 6) is 1.10. The summed E-state index contributed by atoms with van der Waals surface area (Å²) in [7, 11) is 0. The van der Waals surface area contributed by atoms with Crippen molar-refractivity contribution in [3.05, 3.63) is 66.4 Å². The van der Waals surface area contributed by atoms with Gasteiger partial charge < -0.3 is 26.6 Å². The Labute approximate surface area is 185 Å². The molecular weight excluding hydrogens is 411 g/mol. The molecule has 1 unspecified atom stereocenters. The smallest absolute Gasteiger partial charge is 0.236 e. The van der Waals surface area contributed by atoms with Gasteiger partial charge in [-0.25, -0.2) is 14.4 Å². The zero-order valence-corrected chi connectivity index (χ0v) is 17.6. The topological polar surface area (TPSA) is 121 Å². The van der Waals surface area contributed by atoms with Crippen molar-refractivity contribution in [1.82, 2.24) is 20.3 Å². The van der Waals surface area contributed by atoms with Crippen molar-refractivity contribution < 1.29 is 9.18 Å². The predicted octanol–water partition coefficient (Wildman–Crippen LogP) is 2.19. The number of carbonyl (C=O) groups excluding carboxylic acids is 1. The van der Waals surface area contributed by atoms with E-state index >= 15 is 0 Å². The Morgan fingerprint density at radius 2 is 2.00 bits per heavy atom. The maximum Gasteiger partial charge on any atom is 0.236 e. The molecule has 0 saturated carbocycles. The number of halogens is 1. The molecule has 1 saturated heterocycles. The summed E-state index contributed by atoms with van der Waals surface area (Å²) in [6, 6.07) is 9.63. The molecule has 1 aliphatic heterocycles. The first-order valence-corrected chi connectivity index (χ1v) is 10.3. The largest absolute Gasteiger partial charge is 0.368 e. The Kier molecular flexibility index (Phi) is 6.41. The van der Waals surface area contributed by atoms with Crippen LogP contribution in [-0.2, 0) is 4.79 Å². The van der Waals surface area contributed by atoms with E-state index in [4.69, 9.17) is 5.73 Å². The Hall–Kier alpha value is -3.79. The van der Waals surface area contributed by atoms with Gasteiger partial charge in [-0.15, -0.1) is 0 Å². The molecule has 9 nitrogen and oxygen atoms in total. The number of anilines is 4. The number of pyridine rings is 1. The Morgan fingerprint density at radius 1 is 1.22 bits per heavy atom. The average molecular weight is 436 g/mol. The Balaban J connectivity index is 1.62. The molecule has 0 spiro atoms. The second-order valence-corrected chi connectivity index (χ2v) is 7.58. The molecular formula is C22H25FN8O. The lowest BCUT2D eigenvalue weighted by atomic mass is 10.1. The number of hydrogen-bond donors (Lipinski definition) is 4. The lowest BCUT2D eigenvalue weighted by Gasteiger charge is -2.34. The highest BCUT2D eigenvalue weighted by atomic mass is 19.1. The summed E-state index contributed by atoms with van der Waals surface area (Å²) in [6.45, 7) is 3.78. The van der Waals surface area contributed by atoms with Gasteiger partial charge in [0.05, 0.1) is 6.20 Å². The van der Waals surface area contributed by atoms with Crippen LogP contribution >= 0.6 is 0 Å². The van der Waals surface area contributed by atoms with E-state index in [-0.39, 0.29) is 17.8 Å². The fourth-order valence-electron chi connectivity index (χ4n) is 3.56. The van der Waals surface area contributed by atoms with E-state index in [1.54, 1.807) is 30.7 Å². The summed E-state index contributed by atoms with van der Waals surface area (Å²) in [5, 5.41) is 9.68. The standard InChI is InChI=1S/C22H25FN8O/c1-14(15-2-4-16(23)5-3-15)28-19-10-17(31-9-8-26-18(13-31)22(24)32)11-20(29-19)30-21-12-25-6-7-27-21/h2-7,10-12,14,18,26H,8-9,13H2,1H3,(H2,24,32)(H2,27,28,29,30)/t14-,18?/m0/s1. The molecule has 0 aliphatic carbocycles. The van der Waals surface area contributed by atoms with Crippen LogP contribution in [-0.4, -0.2) is 46.5 Å². The summed E-state index contributed by atoms with van der Waals surface area (Å²) < 4.78 is 13.3. The zero-order chi connectivity index (χ0) is 22.5. The molecule has 0 bridgehead atoms. The van der Waals surface area contributed by atoms with Crippen molar-refractivity contribution >= 4 is 29.0 Å². The normalized spacial score (nSPS) is 16.9. The monoisotopic (exact) mass is 436 g/mol. The summed E-state index contributed by atoms with van der Waals surface area (Å²) in [4.78, 5) is 26.8. The molecule has 32 heavy (non-hydrogen) atoms. The van der Waals surface area contributed by atoms with Gasteiger partial charge in [-0.05, 0) is 24.6 Å². The minimum absolute atomic E-state index is 0.107. The number of nitrogens with two attached hydrogens (primary N) is 1. The number of aromatic nitrogens is 3. The number of nitrogens with one attached hydrogen (secondary N) is 3. The molecule has 3 heterocycles. The summed E-state index contributed by atoms with van der Waals surface area (Å²) >= 11 is 0. The quantitative estimate of drug-likeness (QED) is 0.445. The maximum absolute atomic E-state index is 13.3. The van der Waals surface area contributed by atoms with Crippen LogP contribution in [0.15, 0.2) is 55.0 Å². The molecule has 166 valence electrons. The third-order valence-electron chi connectivity index (χ3n) is 5.25. The number of hydrogen-bond acceptors (Lipinski definition) is 8. The van der Waals surface area contributed by atoms with Crippen LogP contribution in [0.25, 0.3) is 0 Å². The van der Waals surface area contributed by atoms with Crippen LogP contribution in [0, 0.1) is 5.82 Å². The first-order chi connectivity index (χ1) is 15.5. The molecule has 1 aliphatic rings. The molecule has 10 heteroatoms. The first-order valence-electron chi connectivity index (χ1n) is 10.3. The van der Waals surface area contributed by atoms with Crippen molar-refractivity contribution in [2.24, 2.45) is 5.73 Å². The summed E-state index contributed by atoms with van der Waals surface area (Å²) in [5.41, 5.74) is 7.31. The molecule has 2 aromatic heterocycles. The van der Waals surface area contributed by atoms with Crippen LogP contribution < -0.4 is 26.6 Å². The number of carbonyl (C=O) groups is 1. The lowest BCUT2D eigenvalue weighted by molar-refractivity contribution is -0.120. The van der Waals surface area contributed by atoms with Gasteiger partial charge in [0, 0.05) is 55.9 Å². The van der Waals surface area contributed by atoms with E-state index in [0.717, 1.165) is 11.3 Å². The SMILES string of the molecule is C[C@H](Nc1cc(N2CCNC(C(N)=O)C2)cc(Nc2cnccn2)n1)c1ccc(F)cc1. The van der Waals surface area contributed by atoms with Gasteiger partial charge in [0.15, 0.2) is 0 Å². The molecule has 3 aromatic rings. The first kappa shape index (κ1) is 21.4. The van der Waals surface area contributed by atoms with E-state index in [0.29, 0.717) is 37.1 Å². The van der Waals surface area contributed by atoms with Crippen LogP contribution in [0.1, 0.15) is 18.5 Å². The van der Waals surface area contributed by atoms with Crippen molar-refractivity contribution in [1.29, 1.82) is 0 Å². The molecule has 1 aromatic carbocycles. The van der Waals surface area contributed by atoms with Crippen LogP contribution in [0.4, 0.5) is 27.5 Å². The lowest BCUT2D eigenvalue weighted by Crippen LogP contribution is -2.56. The highest BCUT2D eigenvalue weighted by Gasteiger charge is 2.24. The molecule has 2 atom stereocenters. The number of nitrogens with zero attached hydrogens (tertiary/aromatic N) is 4. The Bertz CT molecular complexity index is 1060. The molecule has 4 rings (SSSR count). The van der Waals surface area contributed by atoms with E-state index in [2.05, 4.69) is 35.8 Å². The van der Waals surface area contributed by atoms with Crippen molar-refractivity contribution in [2.75, 3.05) is 35.2 Å². The minimum atomic E-state index is -0.428. The maximum atomic E-state index is 13.3. The molecule has 5 N–H and O–H groups in total. The van der Waals surface area contributed by atoms with Gasteiger partial charge in [-0.3, -0.25) is 9.78 Å². The predicted molar refractivity (Wildman–Crippen MR) is 121 cm³/mol. The van der Waals surface area contributed by atoms with Crippen molar-refractivity contribution in [3.8, 4) is 0 Å². The third-order valence-corrected chi connectivity index (χ3v) is 5.25. The van der Waals surface area contributed by atoms with Gasteiger partial charge in [-0.1, -0.05) is 12.1 Å². The number of piperazine rings is 1. The van der Waals surface area contributed by atoms with Gasteiger partial charge in [0.1, 0.15) is 29.3 Å². The number of primary amides is 1. The molecule has 0 radical (unpaired) electrons. The van der Waals surface area contributed by atoms with Crippen molar-refractivity contribution in [3.63, 3.8) is 0 Å². The van der Waals surface area contributed by atoms with Crippen LogP contribution in [0.3, 0.4) is 0 Å². The third kappa shape index (κ3) is 5.27. The number of rotatable bonds is 7. The molecule has 1 fully saturated rings.